The summed E-state index contributed by atoms with van der Waals surface area (Å²) in [7, 11) is 0. The Morgan fingerprint density at radius 3 is 2.15 bits per heavy atom. The Morgan fingerprint density at radius 2 is 1.30 bits per heavy atom. The van der Waals surface area contributed by atoms with Crippen molar-refractivity contribution >= 4 is 38.6 Å². The third-order valence-electron chi connectivity index (χ3n) is 7.72. The maximum absolute atomic E-state index is 5.20. The van der Waals surface area contributed by atoms with Gasteiger partial charge in [-0.2, -0.15) is 0 Å². The Bertz CT molecular complexity index is 2220. The van der Waals surface area contributed by atoms with Gasteiger partial charge in [0.25, 0.3) is 0 Å². The Balaban J connectivity index is 1.29. The average molecular weight is 516 g/mol. The number of aryl methyl sites for hydroxylation is 1. The van der Waals surface area contributed by atoms with Gasteiger partial charge in [-0.1, -0.05) is 78.9 Å². The lowest BCUT2D eigenvalue weighted by Crippen LogP contribution is -1.97. The van der Waals surface area contributed by atoms with Gasteiger partial charge in [-0.3, -0.25) is 4.40 Å². The minimum atomic E-state index is 0.861. The summed E-state index contributed by atoms with van der Waals surface area (Å²) in [5.74, 6) is 0.993. The zero-order valence-corrected chi connectivity index (χ0v) is 22.0. The van der Waals surface area contributed by atoms with Gasteiger partial charge < -0.3 is 4.57 Å². The molecule has 0 bridgehead atoms. The molecule has 0 aliphatic carbocycles. The molecule has 8 rings (SSSR count). The van der Waals surface area contributed by atoms with Gasteiger partial charge in [0.05, 0.1) is 16.7 Å². The number of benzene rings is 4. The molecule has 0 saturated carbocycles. The molecule has 8 aromatic rings. The van der Waals surface area contributed by atoms with E-state index in [0.717, 1.165) is 78.9 Å². The number of imidazole rings is 2. The lowest BCUT2D eigenvalue weighted by atomic mass is 9.97. The predicted octanol–water partition coefficient (Wildman–Crippen LogP) is 8.41. The summed E-state index contributed by atoms with van der Waals surface area (Å²) in [6, 6.07) is 40.2. The van der Waals surface area contributed by atoms with E-state index in [0.29, 0.717) is 0 Å². The van der Waals surface area contributed by atoms with Crippen molar-refractivity contribution in [2.45, 2.75) is 13.5 Å². The summed E-state index contributed by atoms with van der Waals surface area (Å²) in [6.07, 6.45) is 2.03. The highest BCUT2D eigenvalue weighted by Crippen LogP contribution is 2.35. The molecule has 4 aromatic heterocycles. The second kappa shape index (κ2) is 8.89. The maximum atomic E-state index is 5.20. The number of rotatable bonds is 4. The van der Waals surface area contributed by atoms with E-state index in [2.05, 4.69) is 107 Å². The molecule has 5 nitrogen and oxygen atoms in total. The minimum Gasteiger partial charge on any atom is -0.324 e. The van der Waals surface area contributed by atoms with Crippen molar-refractivity contribution in [3.63, 3.8) is 0 Å². The summed E-state index contributed by atoms with van der Waals surface area (Å²) >= 11 is 0. The normalized spacial score (nSPS) is 11.7. The van der Waals surface area contributed by atoms with E-state index in [4.69, 9.17) is 15.0 Å². The van der Waals surface area contributed by atoms with Gasteiger partial charge in [-0.15, -0.1) is 0 Å². The summed E-state index contributed by atoms with van der Waals surface area (Å²) in [4.78, 5) is 15.1. The zero-order valence-electron chi connectivity index (χ0n) is 22.0. The van der Waals surface area contributed by atoms with E-state index < -0.39 is 0 Å². The molecule has 0 aliphatic heterocycles. The van der Waals surface area contributed by atoms with E-state index in [9.17, 15) is 0 Å². The monoisotopic (exact) mass is 515 g/mol. The lowest BCUT2D eigenvalue weighted by Gasteiger charge is -2.11. The third-order valence-corrected chi connectivity index (χ3v) is 7.72. The van der Waals surface area contributed by atoms with Crippen molar-refractivity contribution in [3.8, 4) is 33.8 Å². The van der Waals surface area contributed by atoms with Crippen molar-refractivity contribution in [1.29, 1.82) is 0 Å². The molecule has 190 valence electrons. The van der Waals surface area contributed by atoms with Gasteiger partial charge in [0.1, 0.15) is 17.0 Å². The smallest absolute Gasteiger partial charge is 0.165 e. The molecule has 0 N–H and O–H groups in total. The van der Waals surface area contributed by atoms with E-state index in [-0.39, 0.29) is 0 Å². The third kappa shape index (κ3) is 3.45. The number of hydrogen-bond donors (Lipinski definition) is 0. The van der Waals surface area contributed by atoms with Crippen LogP contribution in [-0.2, 0) is 6.54 Å². The Hall–Kier alpha value is -5.29. The number of para-hydroxylation sites is 2. The molecule has 0 spiro atoms. The molecule has 0 radical (unpaired) electrons. The summed E-state index contributed by atoms with van der Waals surface area (Å²) in [5.41, 5.74) is 10.3. The summed E-state index contributed by atoms with van der Waals surface area (Å²) in [6.45, 7) is 3.03. The van der Waals surface area contributed by atoms with Crippen LogP contribution in [0.25, 0.3) is 72.4 Å². The maximum Gasteiger partial charge on any atom is 0.165 e. The molecule has 0 fully saturated rings. The van der Waals surface area contributed by atoms with Crippen LogP contribution in [0.4, 0.5) is 0 Å². The topological polar surface area (TPSA) is 48.0 Å². The van der Waals surface area contributed by atoms with Gasteiger partial charge >= 0.3 is 0 Å². The molecule has 0 unspecified atom stereocenters. The first-order chi connectivity index (χ1) is 19.8. The molecule has 40 heavy (non-hydrogen) atoms. The van der Waals surface area contributed by atoms with Gasteiger partial charge in [0.15, 0.2) is 5.65 Å². The average Bonchev–Trinajstić information content (AvgIpc) is 3.59. The Kier molecular flexibility index (Phi) is 5.04. The van der Waals surface area contributed by atoms with E-state index >= 15 is 0 Å². The largest absolute Gasteiger partial charge is 0.324 e. The molecule has 0 atom stereocenters. The van der Waals surface area contributed by atoms with Crippen LogP contribution in [-0.4, -0.2) is 23.9 Å². The van der Waals surface area contributed by atoms with Crippen LogP contribution in [0.3, 0.4) is 0 Å². The van der Waals surface area contributed by atoms with Crippen LogP contribution in [0, 0.1) is 0 Å². The zero-order chi connectivity index (χ0) is 26.6. The highest BCUT2D eigenvalue weighted by molar-refractivity contribution is 6.09. The van der Waals surface area contributed by atoms with Crippen LogP contribution in [0.2, 0.25) is 0 Å². The van der Waals surface area contributed by atoms with Gasteiger partial charge in [0.2, 0.25) is 0 Å². The molecule has 4 aromatic carbocycles. The fourth-order valence-electron chi connectivity index (χ4n) is 5.85. The first-order valence-electron chi connectivity index (χ1n) is 13.6. The lowest BCUT2D eigenvalue weighted by molar-refractivity contribution is 0.796. The molecule has 5 heteroatoms. The Labute approximate surface area is 231 Å². The first kappa shape index (κ1) is 22.7. The number of pyridine rings is 2. The van der Waals surface area contributed by atoms with Crippen LogP contribution < -0.4 is 0 Å². The fraction of sp³-hybridized carbons (Fsp3) is 0.0571. The quantitative estimate of drug-likeness (QED) is 0.236. The van der Waals surface area contributed by atoms with Gasteiger partial charge in [0, 0.05) is 34.6 Å². The van der Waals surface area contributed by atoms with Crippen molar-refractivity contribution in [3.05, 3.63) is 121 Å². The molecule has 4 heterocycles. The van der Waals surface area contributed by atoms with E-state index in [1.165, 1.54) is 0 Å². The fourth-order valence-corrected chi connectivity index (χ4v) is 5.85. The standard InChI is InChI=1S/C35H25N5/c1-2-39-30-18-6-5-17-29(30)36-34(39)26-14-10-12-24(22-26)23-11-9-13-25(21-23)32-27-15-3-4-16-28(27)33-35(38-32)40-20-8-7-19-31(40)37-33/h3-22H,2H2,1H3. The first-order valence-corrected chi connectivity index (χ1v) is 13.6. The van der Waals surface area contributed by atoms with E-state index in [1.807, 2.05) is 30.5 Å². The van der Waals surface area contributed by atoms with Crippen LogP contribution >= 0.6 is 0 Å². The Morgan fingerprint density at radius 1 is 0.600 bits per heavy atom. The predicted molar refractivity (Wildman–Crippen MR) is 163 cm³/mol. The van der Waals surface area contributed by atoms with Gasteiger partial charge in [-0.25, -0.2) is 15.0 Å². The molecule has 0 amide bonds. The second-order valence-corrected chi connectivity index (χ2v) is 10.0. The minimum absolute atomic E-state index is 0.861. The van der Waals surface area contributed by atoms with Crippen molar-refractivity contribution in [2.24, 2.45) is 0 Å². The molecular weight excluding hydrogens is 490 g/mol. The molecule has 0 saturated heterocycles. The van der Waals surface area contributed by atoms with E-state index in [1.54, 1.807) is 0 Å². The van der Waals surface area contributed by atoms with Crippen molar-refractivity contribution < 1.29 is 0 Å². The van der Waals surface area contributed by atoms with Crippen molar-refractivity contribution in [2.75, 3.05) is 0 Å². The highest BCUT2D eigenvalue weighted by atomic mass is 15.1. The SMILES string of the molecule is CCn1c(-c2cccc(-c3cccc(-c4nc5c(nc6ccccn65)c5ccccc45)c3)c2)nc2ccccc21. The second-order valence-electron chi connectivity index (χ2n) is 10.0. The number of fused-ring (bicyclic) bond motifs is 6. The molecular formula is C35H25N5. The summed E-state index contributed by atoms with van der Waals surface area (Å²) < 4.78 is 4.35. The van der Waals surface area contributed by atoms with Crippen LogP contribution in [0.5, 0.6) is 0 Å². The van der Waals surface area contributed by atoms with Crippen LogP contribution in [0.1, 0.15) is 6.92 Å². The van der Waals surface area contributed by atoms with Crippen molar-refractivity contribution in [1.82, 2.24) is 23.9 Å². The number of nitrogens with zero attached hydrogens (tertiary/aromatic N) is 5. The molecule has 0 aliphatic rings. The number of aromatic nitrogens is 5. The van der Waals surface area contributed by atoms with Crippen LogP contribution in [0.15, 0.2) is 121 Å². The van der Waals surface area contributed by atoms with Gasteiger partial charge in [-0.05, 0) is 54.4 Å². The highest BCUT2D eigenvalue weighted by Gasteiger charge is 2.16. The number of hydrogen-bond acceptors (Lipinski definition) is 3. The summed E-state index contributed by atoms with van der Waals surface area (Å²) in [5, 5.41) is 2.21.